The maximum Gasteiger partial charge on any atom is 0.240 e. The summed E-state index contributed by atoms with van der Waals surface area (Å²) in [5.74, 6) is 3.25. The van der Waals surface area contributed by atoms with Crippen molar-refractivity contribution >= 4 is 27.5 Å². The van der Waals surface area contributed by atoms with Gasteiger partial charge < -0.3 is 5.32 Å². The van der Waals surface area contributed by atoms with E-state index in [4.69, 9.17) is 0 Å². The molecule has 0 atom stereocenters. The molecule has 0 bridgehead atoms. The average Bonchev–Trinajstić information content (AvgIpc) is 2.47. The monoisotopic (exact) mass is 300 g/mol. The van der Waals surface area contributed by atoms with E-state index in [-0.39, 0.29) is 0 Å². The highest BCUT2D eigenvalue weighted by Crippen LogP contribution is 2.23. The number of hydrogen-bond acceptors (Lipinski definition) is 4. The molecule has 0 radical (unpaired) electrons. The standard InChI is InChI=1S/C13H20N2O2S2/c1-14-19(16,17)13-4-2-12(3-5-13)15-10-11-6-8-18-9-7-11/h2-5,11,14-15H,6-10H2,1H3. The first kappa shape index (κ1) is 14.7. The predicted molar refractivity (Wildman–Crippen MR) is 81.2 cm³/mol. The van der Waals surface area contributed by atoms with Gasteiger partial charge in [-0.25, -0.2) is 13.1 Å². The molecule has 0 spiro atoms. The summed E-state index contributed by atoms with van der Waals surface area (Å²) in [6, 6.07) is 6.90. The van der Waals surface area contributed by atoms with Crippen LogP contribution in [0.5, 0.6) is 0 Å². The summed E-state index contributed by atoms with van der Waals surface area (Å²) < 4.78 is 25.5. The van der Waals surface area contributed by atoms with Gasteiger partial charge in [0.2, 0.25) is 10.0 Å². The lowest BCUT2D eigenvalue weighted by molar-refractivity contribution is 0.516. The Balaban J connectivity index is 1.91. The summed E-state index contributed by atoms with van der Waals surface area (Å²) >= 11 is 2.03. The van der Waals surface area contributed by atoms with E-state index < -0.39 is 10.0 Å². The number of benzene rings is 1. The van der Waals surface area contributed by atoms with Crippen molar-refractivity contribution in [3.8, 4) is 0 Å². The first-order valence-corrected chi connectivity index (χ1v) is 9.11. The van der Waals surface area contributed by atoms with E-state index in [2.05, 4.69) is 10.0 Å². The van der Waals surface area contributed by atoms with Gasteiger partial charge in [0, 0.05) is 12.2 Å². The maximum absolute atomic E-state index is 11.6. The summed E-state index contributed by atoms with van der Waals surface area (Å²) in [4.78, 5) is 0.301. The summed E-state index contributed by atoms with van der Waals surface area (Å²) in [6.45, 7) is 0.971. The Morgan fingerprint density at radius 1 is 1.21 bits per heavy atom. The highest BCUT2D eigenvalue weighted by molar-refractivity contribution is 7.99. The summed E-state index contributed by atoms with van der Waals surface area (Å²) in [5.41, 5.74) is 0.980. The second-order valence-corrected chi connectivity index (χ2v) is 7.78. The van der Waals surface area contributed by atoms with Gasteiger partial charge in [0.25, 0.3) is 0 Å². The van der Waals surface area contributed by atoms with Crippen LogP contribution >= 0.6 is 11.8 Å². The van der Waals surface area contributed by atoms with E-state index in [9.17, 15) is 8.42 Å². The van der Waals surface area contributed by atoms with Gasteiger partial charge >= 0.3 is 0 Å². The zero-order valence-electron chi connectivity index (χ0n) is 11.1. The number of sulfonamides is 1. The Morgan fingerprint density at radius 2 is 1.84 bits per heavy atom. The topological polar surface area (TPSA) is 58.2 Å². The Kier molecular flexibility index (Phi) is 5.13. The van der Waals surface area contributed by atoms with Crippen LogP contribution in [-0.2, 0) is 10.0 Å². The summed E-state index contributed by atoms with van der Waals surface area (Å²) in [7, 11) is -1.91. The zero-order chi connectivity index (χ0) is 13.7. The molecular weight excluding hydrogens is 280 g/mol. The SMILES string of the molecule is CNS(=O)(=O)c1ccc(NCC2CCSCC2)cc1. The van der Waals surface area contributed by atoms with Crippen molar-refractivity contribution in [2.45, 2.75) is 17.7 Å². The molecule has 4 nitrogen and oxygen atoms in total. The average molecular weight is 300 g/mol. The third kappa shape index (κ3) is 4.12. The number of thioether (sulfide) groups is 1. The zero-order valence-corrected chi connectivity index (χ0v) is 12.7. The number of anilines is 1. The molecule has 1 fully saturated rings. The Hall–Kier alpha value is -0.720. The lowest BCUT2D eigenvalue weighted by Crippen LogP contribution is -2.20. The Morgan fingerprint density at radius 3 is 2.42 bits per heavy atom. The minimum atomic E-state index is -3.33. The van der Waals surface area contributed by atoms with Crippen LogP contribution in [0.15, 0.2) is 29.2 Å². The lowest BCUT2D eigenvalue weighted by atomic mass is 10.0. The van der Waals surface area contributed by atoms with Gasteiger partial charge in [-0.1, -0.05) is 0 Å². The molecule has 1 heterocycles. The van der Waals surface area contributed by atoms with Gasteiger partial charge in [-0.2, -0.15) is 11.8 Å². The first-order chi connectivity index (χ1) is 9.12. The smallest absolute Gasteiger partial charge is 0.240 e. The summed E-state index contributed by atoms with van der Waals surface area (Å²) in [6.07, 6.45) is 2.54. The minimum absolute atomic E-state index is 0.301. The molecule has 0 aliphatic carbocycles. The van der Waals surface area contributed by atoms with Crippen molar-refractivity contribution in [1.29, 1.82) is 0 Å². The molecule has 0 saturated carbocycles. The van der Waals surface area contributed by atoms with Crippen LogP contribution < -0.4 is 10.0 Å². The lowest BCUT2D eigenvalue weighted by Gasteiger charge is -2.22. The second kappa shape index (κ2) is 6.63. The molecule has 2 rings (SSSR count). The largest absolute Gasteiger partial charge is 0.385 e. The molecule has 1 saturated heterocycles. The molecule has 6 heteroatoms. The van der Waals surface area contributed by atoms with Gasteiger partial charge in [0.1, 0.15) is 0 Å². The van der Waals surface area contributed by atoms with E-state index >= 15 is 0 Å². The maximum atomic E-state index is 11.6. The normalized spacial score (nSPS) is 17.3. The second-order valence-electron chi connectivity index (χ2n) is 4.67. The molecular formula is C13H20N2O2S2. The van der Waals surface area contributed by atoms with E-state index in [1.807, 2.05) is 23.9 Å². The van der Waals surface area contributed by atoms with Crippen molar-refractivity contribution in [3.63, 3.8) is 0 Å². The quantitative estimate of drug-likeness (QED) is 0.875. The van der Waals surface area contributed by atoms with Gasteiger partial charge in [0.15, 0.2) is 0 Å². The fourth-order valence-corrected chi connectivity index (χ4v) is 4.02. The number of hydrogen-bond donors (Lipinski definition) is 2. The van der Waals surface area contributed by atoms with Crippen molar-refractivity contribution in [3.05, 3.63) is 24.3 Å². The van der Waals surface area contributed by atoms with Gasteiger partial charge in [-0.15, -0.1) is 0 Å². The van der Waals surface area contributed by atoms with E-state index in [1.165, 1.54) is 31.4 Å². The molecule has 1 aromatic carbocycles. The third-order valence-corrected chi connectivity index (χ3v) is 5.85. The third-order valence-electron chi connectivity index (χ3n) is 3.37. The highest BCUT2D eigenvalue weighted by atomic mass is 32.2. The fraction of sp³-hybridized carbons (Fsp3) is 0.538. The Labute approximate surface area is 119 Å². The van der Waals surface area contributed by atoms with Crippen LogP contribution in [0.3, 0.4) is 0 Å². The van der Waals surface area contributed by atoms with Crippen LogP contribution in [0.1, 0.15) is 12.8 Å². The minimum Gasteiger partial charge on any atom is -0.385 e. The molecule has 1 aromatic rings. The van der Waals surface area contributed by atoms with Crippen LogP contribution in [0.25, 0.3) is 0 Å². The van der Waals surface area contributed by atoms with Gasteiger partial charge in [0.05, 0.1) is 4.90 Å². The van der Waals surface area contributed by atoms with E-state index in [0.717, 1.165) is 18.2 Å². The van der Waals surface area contributed by atoms with Crippen LogP contribution in [0.2, 0.25) is 0 Å². The van der Waals surface area contributed by atoms with Crippen LogP contribution in [0, 0.1) is 5.92 Å². The number of rotatable bonds is 5. The molecule has 1 aliphatic heterocycles. The van der Waals surface area contributed by atoms with E-state index in [0.29, 0.717) is 4.90 Å². The van der Waals surface area contributed by atoms with Gasteiger partial charge in [-0.3, -0.25) is 0 Å². The van der Waals surface area contributed by atoms with Crippen LogP contribution in [-0.4, -0.2) is 33.5 Å². The van der Waals surface area contributed by atoms with Crippen LogP contribution in [0.4, 0.5) is 5.69 Å². The van der Waals surface area contributed by atoms with E-state index in [1.54, 1.807) is 12.1 Å². The van der Waals surface area contributed by atoms with Gasteiger partial charge in [-0.05, 0) is 61.6 Å². The van der Waals surface area contributed by atoms with Crippen molar-refractivity contribution < 1.29 is 8.42 Å². The molecule has 19 heavy (non-hydrogen) atoms. The molecule has 0 amide bonds. The molecule has 0 unspecified atom stereocenters. The molecule has 2 N–H and O–H groups in total. The first-order valence-electron chi connectivity index (χ1n) is 6.47. The summed E-state index contributed by atoms with van der Waals surface area (Å²) in [5, 5.41) is 3.39. The van der Waals surface area contributed by atoms with Crippen molar-refractivity contribution in [1.82, 2.24) is 4.72 Å². The van der Waals surface area contributed by atoms with Crippen molar-refractivity contribution in [2.24, 2.45) is 5.92 Å². The number of nitrogens with one attached hydrogen (secondary N) is 2. The fourth-order valence-electron chi connectivity index (χ4n) is 2.08. The molecule has 1 aliphatic rings. The van der Waals surface area contributed by atoms with Crippen molar-refractivity contribution in [2.75, 3.05) is 30.4 Å². The predicted octanol–water partition coefficient (Wildman–Crippen LogP) is 2.15. The molecule has 0 aromatic heterocycles. The Bertz CT molecular complexity index is 494. The highest BCUT2D eigenvalue weighted by Gasteiger charge is 2.14. The molecule has 106 valence electrons.